The lowest BCUT2D eigenvalue weighted by atomic mass is 10.0. The Morgan fingerprint density at radius 3 is 2.84 bits per heavy atom. The number of nitrogens with one attached hydrogen (secondary N) is 2. The van der Waals surface area contributed by atoms with Gasteiger partial charge in [0.25, 0.3) is 0 Å². The SMILES string of the molecule is CCCc1nnc2n1NC(c1ccc(OC)c(Cl)c1)C(C(=O)Nc1ccccc1F)S2. The van der Waals surface area contributed by atoms with Crippen LogP contribution in [0.5, 0.6) is 5.75 Å². The first-order chi connectivity index (χ1) is 15.0. The number of thioether (sulfide) groups is 1. The number of hydrogen-bond donors (Lipinski definition) is 2. The summed E-state index contributed by atoms with van der Waals surface area (Å²) in [6.07, 6.45) is 1.64. The zero-order valence-electron chi connectivity index (χ0n) is 16.9. The average molecular weight is 462 g/mol. The van der Waals surface area contributed by atoms with E-state index in [1.165, 1.54) is 23.9 Å². The van der Waals surface area contributed by atoms with Crippen LogP contribution < -0.4 is 15.5 Å². The molecule has 162 valence electrons. The Balaban J connectivity index is 1.70. The summed E-state index contributed by atoms with van der Waals surface area (Å²) in [5.74, 6) is 0.466. The number of hydrogen-bond acceptors (Lipinski definition) is 6. The van der Waals surface area contributed by atoms with Crippen molar-refractivity contribution in [3.8, 4) is 5.75 Å². The van der Waals surface area contributed by atoms with Crippen LogP contribution in [0.15, 0.2) is 47.6 Å². The second-order valence-corrected chi connectivity index (χ2v) is 8.51. The molecule has 10 heteroatoms. The van der Waals surface area contributed by atoms with Gasteiger partial charge in [0.05, 0.1) is 23.9 Å². The van der Waals surface area contributed by atoms with Crippen LogP contribution in [0.4, 0.5) is 10.1 Å². The van der Waals surface area contributed by atoms with Crippen LogP contribution in [0.1, 0.15) is 30.8 Å². The summed E-state index contributed by atoms with van der Waals surface area (Å²) in [5.41, 5.74) is 4.27. The lowest BCUT2D eigenvalue weighted by Crippen LogP contribution is -2.41. The second kappa shape index (κ2) is 9.15. The van der Waals surface area contributed by atoms with Gasteiger partial charge in [-0.25, -0.2) is 9.07 Å². The van der Waals surface area contributed by atoms with E-state index in [1.807, 2.05) is 10.7 Å². The van der Waals surface area contributed by atoms with Crippen molar-refractivity contribution in [1.82, 2.24) is 14.9 Å². The minimum absolute atomic E-state index is 0.123. The number of fused-ring (bicyclic) bond motifs is 1. The van der Waals surface area contributed by atoms with Gasteiger partial charge in [0.2, 0.25) is 11.1 Å². The molecule has 4 rings (SSSR count). The number of rotatable bonds is 6. The first-order valence-corrected chi connectivity index (χ1v) is 11.0. The molecular weight excluding hydrogens is 441 g/mol. The summed E-state index contributed by atoms with van der Waals surface area (Å²) in [7, 11) is 1.54. The van der Waals surface area contributed by atoms with Crippen LogP contribution in [-0.4, -0.2) is 33.1 Å². The molecule has 2 unspecified atom stereocenters. The van der Waals surface area contributed by atoms with Gasteiger partial charge in [-0.1, -0.05) is 48.5 Å². The largest absolute Gasteiger partial charge is 0.495 e. The predicted molar refractivity (Wildman–Crippen MR) is 119 cm³/mol. The molecule has 0 radical (unpaired) electrons. The number of ether oxygens (including phenoxy) is 1. The van der Waals surface area contributed by atoms with Gasteiger partial charge in [-0.05, 0) is 36.2 Å². The minimum Gasteiger partial charge on any atom is -0.495 e. The lowest BCUT2D eigenvalue weighted by Gasteiger charge is -2.33. The lowest BCUT2D eigenvalue weighted by molar-refractivity contribution is -0.116. The second-order valence-electron chi connectivity index (χ2n) is 6.99. The van der Waals surface area contributed by atoms with Gasteiger partial charge in [-0.15, -0.1) is 10.2 Å². The number of halogens is 2. The molecule has 31 heavy (non-hydrogen) atoms. The molecule has 2 heterocycles. The van der Waals surface area contributed by atoms with E-state index < -0.39 is 17.1 Å². The van der Waals surface area contributed by atoms with Gasteiger partial charge in [-0.2, -0.15) is 0 Å². The van der Waals surface area contributed by atoms with Crippen molar-refractivity contribution in [2.75, 3.05) is 17.9 Å². The number of carbonyl (C=O) groups excluding carboxylic acids is 1. The zero-order valence-corrected chi connectivity index (χ0v) is 18.5. The first kappa shape index (κ1) is 21.5. The maximum atomic E-state index is 14.1. The fourth-order valence-corrected chi connectivity index (χ4v) is 4.74. The van der Waals surface area contributed by atoms with E-state index in [1.54, 1.807) is 31.4 Å². The molecule has 2 aromatic carbocycles. The number of methoxy groups -OCH3 is 1. The van der Waals surface area contributed by atoms with E-state index in [0.29, 0.717) is 15.9 Å². The highest BCUT2D eigenvalue weighted by Crippen LogP contribution is 2.39. The summed E-state index contributed by atoms with van der Waals surface area (Å²) in [6, 6.07) is 11.0. The Labute approximate surface area is 188 Å². The third-order valence-corrected chi connectivity index (χ3v) is 6.41. The molecule has 7 nitrogen and oxygen atoms in total. The molecule has 2 N–H and O–H groups in total. The Hall–Kier alpha value is -2.78. The number of nitrogens with zero attached hydrogens (tertiary/aromatic N) is 3. The first-order valence-electron chi connectivity index (χ1n) is 9.78. The van der Waals surface area contributed by atoms with Crippen LogP contribution in [0.3, 0.4) is 0 Å². The Morgan fingerprint density at radius 2 is 2.13 bits per heavy atom. The van der Waals surface area contributed by atoms with Crippen molar-refractivity contribution < 1.29 is 13.9 Å². The molecule has 1 amide bonds. The van der Waals surface area contributed by atoms with Crippen molar-refractivity contribution in [3.63, 3.8) is 0 Å². The highest BCUT2D eigenvalue weighted by Gasteiger charge is 2.38. The molecule has 1 aromatic heterocycles. The molecule has 0 saturated heterocycles. The highest BCUT2D eigenvalue weighted by molar-refractivity contribution is 8.00. The maximum Gasteiger partial charge on any atom is 0.240 e. The normalized spacial score (nSPS) is 17.5. The van der Waals surface area contributed by atoms with Crippen LogP contribution in [0.25, 0.3) is 0 Å². The number of aromatic nitrogens is 3. The van der Waals surface area contributed by atoms with Crippen molar-refractivity contribution >= 4 is 35.0 Å². The number of anilines is 1. The third kappa shape index (κ3) is 4.33. The Morgan fingerprint density at radius 1 is 1.32 bits per heavy atom. The molecule has 0 fully saturated rings. The number of aryl methyl sites for hydroxylation is 1. The predicted octanol–water partition coefficient (Wildman–Crippen LogP) is 4.43. The zero-order chi connectivity index (χ0) is 22.0. The number of amides is 1. The summed E-state index contributed by atoms with van der Waals surface area (Å²) >= 11 is 7.62. The smallest absolute Gasteiger partial charge is 0.240 e. The fourth-order valence-electron chi connectivity index (χ4n) is 3.38. The van der Waals surface area contributed by atoms with Crippen molar-refractivity contribution in [3.05, 3.63) is 64.7 Å². The van der Waals surface area contributed by atoms with Gasteiger partial charge in [0, 0.05) is 6.42 Å². The monoisotopic (exact) mass is 461 g/mol. The van der Waals surface area contributed by atoms with E-state index in [-0.39, 0.29) is 11.6 Å². The minimum atomic E-state index is -0.643. The van der Waals surface area contributed by atoms with Crippen LogP contribution in [0.2, 0.25) is 5.02 Å². The molecule has 1 aliphatic heterocycles. The highest BCUT2D eigenvalue weighted by atomic mass is 35.5. The number of benzene rings is 2. The summed E-state index contributed by atoms with van der Waals surface area (Å²) in [6.45, 7) is 2.06. The fraction of sp³-hybridized carbons (Fsp3) is 0.286. The van der Waals surface area contributed by atoms with E-state index in [0.717, 1.165) is 24.2 Å². The standard InChI is InChI=1S/C21H21ClFN5O2S/c1-3-6-17-25-26-21-28(17)27-18(12-9-10-16(30-2)13(22)11-12)19(31-21)20(29)24-15-8-5-4-7-14(15)23/h4-5,7-11,18-19,27H,3,6H2,1-2H3,(H,24,29). The van der Waals surface area contributed by atoms with Gasteiger partial charge in [0.15, 0.2) is 5.82 Å². The summed E-state index contributed by atoms with van der Waals surface area (Å²) < 4.78 is 21.2. The molecule has 0 bridgehead atoms. The summed E-state index contributed by atoms with van der Waals surface area (Å²) in [4.78, 5) is 13.2. The molecule has 2 atom stereocenters. The topological polar surface area (TPSA) is 81.1 Å². The number of para-hydroxylation sites is 1. The third-order valence-electron chi connectivity index (χ3n) is 4.90. The quantitative estimate of drug-likeness (QED) is 0.565. The molecule has 1 aliphatic rings. The van der Waals surface area contributed by atoms with Crippen molar-refractivity contribution in [1.29, 1.82) is 0 Å². The van der Waals surface area contributed by atoms with Gasteiger partial charge < -0.3 is 15.5 Å². The van der Waals surface area contributed by atoms with E-state index in [4.69, 9.17) is 16.3 Å². The molecule has 0 spiro atoms. The molecule has 3 aromatic rings. The Kier molecular flexibility index (Phi) is 6.33. The van der Waals surface area contributed by atoms with Gasteiger partial charge in [-0.3, -0.25) is 4.79 Å². The van der Waals surface area contributed by atoms with Gasteiger partial charge >= 0.3 is 0 Å². The summed E-state index contributed by atoms with van der Waals surface area (Å²) in [5, 5.41) is 11.5. The van der Waals surface area contributed by atoms with E-state index in [9.17, 15) is 9.18 Å². The van der Waals surface area contributed by atoms with Gasteiger partial charge in [0.1, 0.15) is 16.8 Å². The molecule has 0 saturated carbocycles. The van der Waals surface area contributed by atoms with E-state index >= 15 is 0 Å². The Bertz CT molecular complexity index is 1110. The van der Waals surface area contributed by atoms with Crippen molar-refractivity contribution in [2.45, 2.75) is 36.2 Å². The van der Waals surface area contributed by atoms with Crippen LogP contribution in [-0.2, 0) is 11.2 Å². The number of carbonyl (C=O) groups is 1. The molecule has 0 aliphatic carbocycles. The van der Waals surface area contributed by atoms with Crippen LogP contribution >= 0.6 is 23.4 Å². The van der Waals surface area contributed by atoms with Crippen LogP contribution in [0, 0.1) is 5.82 Å². The maximum absolute atomic E-state index is 14.1. The molecular formula is C21H21ClFN5O2S. The van der Waals surface area contributed by atoms with E-state index in [2.05, 4.69) is 27.9 Å². The van der Waals surface area contributed by atoms with Crippen molar-refractivity contribution in [2.24, 2.45) is 0 Å². The average Bonchev–Trinajstić information content (AvgIpc) is 3.16.